The summed E-state index contributed by atoms with van der Waals surface area (Å²) >= 11 is 0. The molecule has 2 heteroatoms. The van der Waals surface area contributed by atoms with Gasteiger partial charge in [-0.15, -0.1) is 0 Å². The van der Waals surface area contributed by atoms with Crippen LogP contribution in [0.1, 0.15) is 73.9 Å². The average molecular weight is 405 g/mol. The van der Waals surface area contributed by atoms with Gasteiger partial charge in [-0.1, -0.05) is 64.8 Å². The van der Waals surface area contributed by atoms with Gasteiger partial charge in [0.15, 0.2) is 0 Å². The van der Waals surface area contributed by atoms with E-state index >= 15 is 0 Å². The number of hydrogen-bond acceptors (Lipinski definition) is 2. The van der Waals surface area contributed by atoms with E-state index in [-0.39, 0.29) is 6.17 Å². The highest BCUT2D eigenvalue weighted by Crippen LogP contribution is 2.39. The molecule has 0 N–H and O–H groups in total. The van der Waals surface area contributed by atoms with Crippen LogP contribution in [0.15, 0.2) is 36.7 Å². The highest BCUT2D eigenvalue weighted by Gasteiger charge is 2.34. The van der Waals surface area contributed by atoms with Crippen molar-refractivity contribution in [2.45, 2.75) is 87.2 Å². The molecule has 0 aliphatic carbocycles. The maximum atomic E-state index is 2.50. The molecule has 2 nitrogen and oxygen atoms in total. The maximum Gasteiger partial charge on any atom is 0.112 e. The van der Waals surface area contributed by atoms with Crippen molar-refractivity contribution in [1.82, 2.24) is 0 Å². The molecule has 2 aromatic rings. The van der Waals surface area contributed by atoms with Gasteiger partial charge >= 0.3 is 0 Å². The van der Waals surface area contributed by atoms with E-state index in [9.17, 15) is 0 Å². The average Bonchev–Trinajstić information content (AvgIpc) is 3.05. The minimum Gasteiger partial charge on any atom is -0.325 e. The van der Waals surface area contributed by atoms with Crippen molar-refractivity contribution >= 4 is 11.4 Å². The topological polar surface area (TPSA) is 6.48 Å². The molecule has 0 fully saturated rings. The first-order chi connectivity index (χ1) is 14.3. The highest BCUT2D eigenvalue weighted by atomic mass is 15.4. The Hall–Kier alpha value is -2.22. The number of nitrogens with zero attached hydrogens (tertiary/aromatic N) is 2. The smallest absolute Gasteiger partial charge is 0.112 e. The molecule has 0 atom stereocenters. The summed E-state index contributed by atoms with van der Waals surface area (Å²) < 4.78 is 0. The van der Waals surface area contributed by atoms with Crippen molar-refractivity contribution in [1.29, 1.82) is 0 Å². The first-order valence-electron chi connectivity index (χ1n) is 11.7. The van der Waals surface area contributed by atoms with E-state index in [4.69, 9.17) is 0 Å². The first kappa shape index (κ1) is 22.5. The molecular formula is C28H40N2. The van der Waals surface area contributed by atoms with E-state index in [0.717, 1.165) is 12.8 Å². The lowest BCUT2D eigenvalue weighted by Crippen LogP contribution is -2.44. The van der Waals surface area contributed by atoms with Crippen LogP contribution in [-0.2, 0) is 12.8 Å². The van der Waals surface area contributed by atoms with Gasteiger partial charge < -0.3 is 9.80 Å². The quantitative estimate of drug-likeness (QED) is 0.468. The normalized spacial score (nSPS) is 14.4. The minimum atomic E-state index is 0.286. The van der Waals surface area contributed by atoms with Gasteiger partial charge in [0.25, 0.3) is 0 Å². The molecular weight excluding hydrogens is 364 g/mol. The van der Waals surface area contributed by atoms with E-state index < -0.39 is 0 Å². The van der Waals surface area contributed by atoms with Gasteiger partial charge in [-0.3, -0.25) is 0 Å². The van der Waals surface area contributed by atoms with Crippen LogP contribution in [0.5, 0.6) is 0 Å². The molecule has 30 heavy (non-hydrogen) atoms. The van der Waals surface area contributed by atoms with Gasteiger partial charge in [-0.25, -0.2) is 0 Å². The van der Waals surface area contributed by atoms with Crippen LogP contribution in [0.4, 0.5) is 11.4 Å². The van der Waals surface area contributed by atoms with Gasteiger partial charge in [-0.2, -0.15) is 0 Å². The Labute approximate surface area is 184 Å². The second-order valence-corrected chi connectivity index (χ2v) is 9.43. The van der Waals surface area contributed by atoms with Crippen LogP contribution in [-0.4, -0.2) is 6.17 Å². The summed E-state index contributed by atoms with van der Waals surface area (Å²) in [6.07, 6.45) is 9.55. The lowest BCUT2D eigenvalue weighted by molar-refractivity contribution is 0.499. The molecule has 0 radical (unpaired) electrons. The predicted octanol–water partition coefficient (Wildman–Crippen LogP) is 7.61. The Bertz CT molecular complexity index is 805. The van der Waals surface area contributed by atoms with E-state index in [2.05, 4.69) is 102 Å². The van der Waals surface area contributed by atoms with Crippen molar-refractivity contribution in [3.63, 3.8) is 0 Å². The Morgan fingerprint density at radius 3 is 1.27 bits per heavy atom. The van der Waals surface area contributed by atoms with Gasteiger partial charge in [0, 0.05) is 23.8 Å². The Balaban J connectivity index is 2.02. The fourth-order valence-corrected chi connectivity index (χ4v) is 5.28. The summed E-state index contributed by atoms with van der Waals surface area (Å²) in [4.78, 5) is 5.01. The summed E-state index contributed by atoms with van der Waals surface area (Å²) in [5.41, 5.74) is 11.1. The summed E-state index contributed by atoms with van der Waals surface area (Å²) in [5, 5.41) is 0. The molecule has 0 bridgehead atoms. The second kappa shape index (κ2) is 9.29. The fraction of sp³-hybridized carbons (Fsp3) is 0.500. The summed E-state index contributed by atoms with van der Waals surface area (Å²) in [6.45, 7) is 18.3. The molecule has 0 aromatic heterocycles. The Morgan fingerprint density at radius 1 is 0.667 bits per heavy atom. The monoisotopic (exact) mass is 404 g/mol. The second-order valence-electron chi connectivity index (χ2n) is 9.43. The van der Waals surface area contributed by atoms with Gasteiger partial charge in [0.1, 0.15) is 6.17 Å². The molecule has 162 valence electrons. The predicted molar refractivity (Wildman–Crippen MR) is 133 cm³/mol. The maximum absolute atomic E-state index is 2.50. The molecule has 1 aliphatic heterocycles. The molecule has 1 heterocycles. The minimum absolute atomic E-state index is 0.286. The van der Waals surface area contributed by atoms with E-state index in [1.807, 2.05) is 0 Å². The third-order valence-corrected chi connectivity index (χ3v) is 6.25. The lowest BCUT2D eigenvalue weighted by Gasteiger charge is -2.38. The lowest BCUT2D eigenvalue weighted by atomic mass is 9.98. The fourth-order valence-electron chi connectivity index (χ4n) is 5.28. The third-order valence-electron chi connectivity index (χ3n) is 6.25. The Kier molecular flexibility index (Phi) is 6.95. The van der Waals surface area contributed by atoms with Crippen LogP contribution in [0.25, 0.3) is 0 Å². The van der Waals surface area contributed by atoms with Crippen molar-refractivity contribution < 1.29 is 0 Å². The molecule has 0 spiro atoms. The highest BCUT2D eigenvalue weighted by molar-refractivity contribution is 5.70. The van der Waals surface area contributed by atoms with Crippen molar-refractivity contribution in [2.75, 3.05) is 9.80 Å². The van der Waals surface area contributed by atoms with Crippen LogP contribution in [0.3, 0.4) is 0 Å². The van der Waals surface area contributed by atoms with E-state index in [1.54, 1.807) is 0 Å². The largest absolute Gasteiger partial charge is 0.325 e. The molecule has 3 rings (SSSR count). The van der Waals surface area contributed by atoms with Crippen LogP contribution < -0.4 is 9.80 Å². The standard InChI is InChI=1S/C28H40N2/c1-9-11-24-15-20(5)26(21(6)16-24)29-13-14-30(28(29)19(3)4)27-22(7)17-25(12-10-2)18-23(27)8/h13-19,28H,9-12H2,1-8H3. The SMILES string of the molecule is CCCc1cc(C)c(N2C=CN(c3c(C)cc(CCC)cc3C)C2C(C)C)c(C)c1. The number of aryl methyl sites for hydroxylation is 6. The summed E-state index contributed by atoms with van der Waals surface area (Å²) in [5.74, 6) is 0.489. The number of benzene rings is 2. The van der Waals surface area contributed by atoms with Crippen LogP contribution in [0.2, 0.25) is 0 Å². The van der Waals surface area contributed by atoms with Gasteiger partial charge in [0.2, 0.25) is 0 Å². The van der Waals surface area contributed by atoms with Gasteiger partial charge in [-0.05, 0) is 79.8 Å². The Morgan fingerprint density at radius 2 is 1.00 bits per heavy atom. The zero-order valence-electron chi connectivity index (χ0n) is 20.3. The number of hydrogen-bond donors (Lipinski definition) is 0. The number of rotatable bonds is 7. The molecule has 0 amide bonds. The van der Waals surface area contributed by atoms with Crippen molar-refractivity contribution in [3.05, 3.63) is 70.0 Å². The number of anilines is 2. The molecule has 0 unspecified atom stereocenters. The summed E-state index contributed by atoms with van der Waals surface area (Å²) in [7, 11) is 0. The van der Waals surface area contributed by atoms with E-state index in [0.29, 0.717) is 5.92 Å². The molecule has 2 aromatic carbocycles. The summed E-state index contributed by atoms with van der Waals surface area (Å²) in [6, 6.07) is 9.54. The zero-order chi connectivity index (χ0) is 22.0. The molecule has 1 aliphatic rings. The van der Waals surface area contributed by atoms with Crippen molar-refractivity contribution in [2.24, 2.45) is 5.92 Å². The van der Waals surface area contributed by atoms with Crippen LogP contribution in [0, 0.1) is 33.6 Å². The van der Waals surface area contributed by atoms with E-state index in [1.165, 1.54) is 57.6 Å². The molecule has 0 saturated heterocycles. The third kappa shape index (κ3) is 4.29. The molecule has 0 saturated carbocycles. The first-order valence-corrected chi connectivity index (χ1v) is 11.7. The van der Waals surface area contributed by atoms with Crippen molar-refractivity contribution in [3.8, 4) is 0 Å². The van der Waals surface area contributed by atoms with Gasteiger partial charge in [0.05, 0.1) is 0 Å². The zero-order valence-corrected chi connectivity index (χ0v) is 20.3. The van der Waals surface area contributed by atoms with Crippen LogP contribution >= 0.6 is 0 Å².